The van der Waals surface area contributed by atoms with E-state index >= 15 is 0 Å². The number of alkyl carbamates (subject to hydrolysis) is 1. The van der Waals surface area contributed by atoms with E-state index in [1.54, 1.807) is 18.2 Å². The molecule has 36 heavy (non-hydrogen) atoms. The number of carbonyl (C=O) groups is 3. The van der Waals surface area contributed by atoms with Gasteiger partial charge >= 0.3 is 12.1 Å². The first-order valence-corrected chi connectivity index (χ1v) is 11.7. The van der Waals surface area contributed by atoms with Gasteiger partial charge in [0.25, 0.3) is 0 Å². The molecule has 3 aromatic rings. The highest BCUT2D eigenvalue weighted by Crippen LogP contribution is 2.44. The third-order valence-corrected chi connectivity index (χ3v) is 5.94. The van der Waals surface area contributed by atoms with Gasteiger partial charge in [-0.2, -0.15) is 0 Å². The molecule has 1 aliphatic rings. The van der Waals surface area contributed by atoms with Crippen LogP contribution in [0, 0.1) is 0 Å². The number of nitrogens with one attached hydrogen (secondary N) is 2. The molecule has 1 aliphatic carbocycles. The molecule has 0 saturated carbocycles. The molecule has 4 rings (SSSR count). The Hall–Kier alpha value is -4.27. The zero-order valence-corrected chi connectivity index (χ0v) is 20.5. The highest BCUT2D eigenvalue weighted by atomic mass is 16.5. The first kappa shape index (κ1) is 24.8. The van der Waals surface area contributed by atoms with Crippen LogP contribution in [0.4, 0.5) is 16.2 Å². The minimum Gasteiger partial charge on any atom is -0.449 e. The Morgan fingerprint density at radius 2 is 1.61 bits per heavy atom. The molecule has 0 bridgehead atoms. The smallest absolute Gasteiger partial charge is 0.407 e. The van der Waals surface area contributed by atoms with Crippen molar-refractivity contribution >= 4 is 37.3 Å². The number of ether oxygens (including phenoxy) is 2. The minimum atomic E-state index is -0.572. The topological polar surface area (TPSA) is 97.0 Å². The number of nitrogens with zero attached hydrogens (tertiary/aromatic N) is 1. The van der Waals surface area contributed by atoms with E-state index in [0.717, 1.165) is 22.3 Å². The number of fused-ring (bicyclic) bond motifs is 3. The molecular formula is C27H28BN3O5. The van der Waals surface area contributed by atoms with Gasteiger partial charge in [0.1, 0.15) is 6.61 Å². The van der Waals surface area contributed by atoms with Crippen molar-refractivity contribution in [1.29, 1.82) is 0 Å². The van der Waals surface area contributed by atoms with E-state index in [-0.39, 0.29) is 31.4 Å². The zero-order chi connectivity index (χ0) is 25.7. The second-order valence-electron chi connectivity index (χ2n) is 8.72. The van der Waals surface area contributed by atoms with Crippen molar-refractivity contribution in [2.45, 2.75) is 19.3 Å². The molecule has 0 saturated heterocycles. The van der Waals surface area contributed by atoms with Gasteiger partial charge < -0.3 is 24.9 Å². The molecule has 8 nitrogen and oxygen atoms in total. The van der Waals surface area contributed by atoms with Crippen LogP contribution >= 0.6 is 0 Å². The molecule has 9 heteroatoms. The Morgan fingerprint density at radius 1 is 0.972 bits per heavy atom. The Morgan fingerprint density at radius 3 is 2.22 bits per heavy atom. The van der Waals surface area contributed by atoms with Crippen molar-refractivity contribution in [2.24, 2.45) is 0 Å². The van der Waals surface area contributed by atoms with Crippen LogP contribution in [0.25, 0.3) is 11.1 Å². The van der Waals surface area contributed by atoms with Crippen molar-refractivity contribution < 1.29 is 23.9 Å². The minimum absolute atomic E-state index is 0.0250. The maximum Gasteiger partial charge on any atom is 0.407 e. The summed E-state index contributed by atoms with van der Waals surface area (Å²) in [6.07, 6.45) is -0.514. The number of hydrogen-bond donors (Lipinski definition) is 2. The van der Waals surface area contributed by atoms with Crippen molar-refractivity contribution in [3.05, 3.63) is 77.9 Å². The van der Waals surface area contributed by atoms with Crippen LogP contribution in [-0.2, 0) is 14.3 Å². The zero-order valence-electron chi connectivity index (χ0n) is 20.5. The Kier molecular flexibility index (Phi) is 7.58. The molecular weight excluding hydrogens is 457 g/mol. The molecule has 0 heterocycles. The van der Waals surface area contributed by atoms with E-state index < -0.39 is 12.1 Å². The van der Waals surface area contributed by atoms with Crippen LogP contribution in [0.5, 0.6) is 5.75 Å². The average molecular weight is 485 g/mol. The third kappa shape index (κ3) is 5.68. The lowest BCUT2D eigenvalue weighted by atomic mass is 9.98. The lowest BCUT2D eigenvalue weighted by Gasteiger charge is -2.18. The monoisotopic (exact) mass is 485 g/mol. The van der Waals surface area contributed by atoms with Crippen LogP contribution in [0.3, 0.4) is 0 Å². The normalized spacial score (nSPS) is 11.7. The molecule has 2 N–H and O–H groups in total. The molecule has 0 radical (unpaired) electrons. The Bertz CT molecular complexity index is 1250. The quantitative estimate of drug-likeness (QED) is 0.288. The van der Waals surface area contributed by atoms with Crippen LogP contribution in [0.1, 0.15) is 30.4 Å². The SMILES string of the molecule is BN(C)c1ccc(NC(=O)CCNC(=O)OCC2c3ccccc3-c3ccccc32)cc1OC(C)=O. The molecule has 0 spiro atoms. The molecule has 0 aliphatic heterocycles. The predicted octanol–water partition coefficient (Wildman–Crippen LogP) is 3.46. The second-order valence-corrected chi connectivity index (χ2v) is 8.72. The van der Waals surface area contributed by atoms with Gasteiger partial charge in [0.05, 0.1) is 5.69 Å². The summed E-state index contributed by atoms with van der Waals surface area (Å²) in [6, 6.07) is 21.3. The summed E-state index contributed by atoms with van der Waals surface area (Å²) in [5, 5.41) is 5.39. The van der Waals surface area contributed by atoms with E-state index in [4.69, 9.17) is 9.47 Å². The van der Waals surface area contributed by atoms with Crippen molar-refractivity contribution in [2.75, 3.05) is 30.3 Å². The number of rotatable bonds is 8. The van der Waals surface area contributed by atoms with Crippen LogP contribution in [0.15, 0.2) is 66.7 Å². The first-order chi connectivity index (χ1) is 17.3. The standard InChI is InChI=1S/C27H28BN3O5/c1-17(32)36-25-15-18(11-12-24(25)31(2)28)30-26(33)13-14-29-27(34)35-16-23-21-9-5-3-7-19(21)20-8-4-6-10-22(20)23/h3-12,15,23H,13-14,16,28H2,1-2H3,(H,29,34)(H,30,33). The van der Waals surface area contributed by atoms with Gasteiger partial charge in [-0.3, -0.25) is 9.59 Å². The molecule has 2 amide bonds. The third-order valence-electron chi connectivity index (χ3n) is 5.94. The summed E-state index contributed by atoms with van der Waals surface area (Å²) >= 11 is 0. The second kappa shape index (κ2) is 11.0. The molecule has 0 aromatic heterocycles. The summed E-state index contributed by atoms with van der Waals surface area (Å²) in [7, 11) is 3.66. The number of esters is 1. The maximum absolute atomic E-state index is 12.4. The van der Waals surface area contributed by atoms with E-state index in [2.05, 4.69) is 34.9 Å². The largest absolute Gasteiger partial charge is 0.449 e. The lowest BCUT2D eigenvalue weighted by Crippen LogP contribution is -2.29. The number of hydrogen-bond acceptors (Lipinski definition) is 6. The van der Waals surface area contributed by atoms with E-state index in [1.165, 1.54) is 6.92 Å². The molecule has 0 atom stereocenters. The van der Waals surface area contributed by atoms with Crippen LogP contribution in [0.2, 0.25) is 0 Å². The fourth-order valence-electron chi connectivity index (χ4n) is 4.35. The molecule has 3 aromatic carbocycles. The Balaban J connectivity index is 1.27. The summed E-state index contributed by atoms with van der Waals surface area (Å²) in [5.74, 6) is -0.417. The molecule has 0 fully saturated rings. The van der Waals surface area contributed by atoms with Gasteiger partial charge in [0.15, 0.2) is 5.75 Å². The number of benzene rings is 3. The number of anilines is 2. The molecule has 0 unspecified atom stereocenters. The number of carbonyl (C=O) groups excluding carboxylic acids is 3. The van der Waals surface area contributed by atoms with Crippen LogP contribution < -0.4 is 20.2 Å². The van der Waals surface area contributed by atoms with Crippen molar-refractivity contribution in [3.63, 3.8) is 0 Å². The van der Waals surface area contributed by atoms with Gasteiger partial charge in [-0.15, -0.1) is 0 Å². The lowest BCUT2D eigenvalue weighted by molar-refractivity contribution is -0.131. The highest BCUT2D eigenvalue weighted by Gasteiger charge is 2.29. The van der Waals surface area contributed by atoms with Crippen LogP contribution in [-0.4, -0.2) is 46.2 Å². The summed E-state index contributed by atoms with van der Waals surface area (Å²) in [6.45, 7) is 1.65. The highest BCUT2D eigenvalue weighted by molar-refractivity contribution is 6.18. The fraction of sp³-hybridized carbons (Fsp3) is 0.222. The van der Waals surface area contributed by atoms with Gasteiger partial charge in [-0.1, -0.05) is 48.5 Å². The van der Waals surface area contributed by atoms with Gasteiger partial charge in [0.2, 0.25) is 13.9 Å². The van der Waals surface area contributed by atoms with Gasteiger partial charge in [-0.05, 0) is 41.4 Å². The summed E-state index contributed by atoms with van der Waals surface area (Å²) < 4.78 is 10.7. The van der Waals surface area contributed by atoms with Crippen molar-refractivity contribution in [1.82, 2.24) is 5.32 Å². The summed E-state index contributed by atoms with van der Waals surface area (Å²) in [4.78, 5) is 37.9. The van der Waals surface area contributed by atoms with Gasteiger partial charge in [-0.25, -0.2) is 4.79 Å². The Labute approximate surface area is 211 Å². The van der Waals surface area contributed by atoms with Crippen molar-refractivity contribution in [3.8, 4) is 16.9 Å². The van der Waals surface area contributed by atoms with E-state index in [1.807, 2.05) is 44.1 Å². The average Bonchev–Trinajstić information content (AvgIpc) is 3.16. The van der Waals surface area contributed by atoms with E-state index in [9.17, 15) is 14.4 Å². The first-order valence-electron chi connectivity index (χ1n) is 11.7. The predicted molar refractivity (Wildman–Crippen MR) is 141 cm³/mol. The van der Waals surface area contributed by atoms with E-state index in [0.29, 0.717) is 17.1 Å². The van der Waals surface area contributed by atoms with Gasteiger partial charge in [0, 0.05) is 37.6 Å². The molecule has 184 valence electrons. The fourth-order valence-corrected chi connectivity index (χ4v) is 4.35. The maximum atomic E-state index is 12.4. The number of amides is 2. The summed E-state index contributed by atoms with van der Waals surface area (Å²) in [5.41, 5.74) is 5.80.